The van der Waals surface area contributed by atoms with Crippen LogP contribution in [0.5, 0.6) is 0 Å². The van der Waals surface area contributed by atoms with Gasteiger partial charge in [-0.15, -0.1) is 0 Å². The fraction of sp³-hybridized carbons (Fsp3) is 0.833. The molecule has 0 fully saturated rings. The van der Waals surface area contributed by atoms with Gasteiger partial charge in [-0.3, -0.25) is 4.79 Å². The summed E-state index contributed by atoms with van der Waals surface area (Å²) in [5.41, 5.74) is 5.38. The zero-order chi connectivity index (χ0) is 6.57. The predicted molar refractivity (Wildman–Crippen MR) is 33.6 cm³/mol. The van der Waals surface area contributed by atoms with Crippen molar-refractivity contribution in [1.82, 2.24) is 0 Å². The molecule has 0 heterocycles. The van der Waals surface area contributed by atoms with E-state index in [2.05, 4.69) is 0 Å². The first-order valence-electron chi connectivity index (χ1n) is 3.00. The Morgan fingerprint density at radius 1 is 1.62 bits per heavy atom. The van der Waals surface area contributed by atoms with E-state index in [1.807, 2.05) is 13.8 Å². The van der Waals surface area contributed by atoms with Crippen LogP contribution in [0.1, 0.15) is 26.7 Å². The summed E-state index contributed by atoms with van der Waals surface area (Å²) in [5.74, 6) is 0.160. The van der Waals surface area contributed by atoms with Crippen molar-refractivity contribution < 1.29 is 4.79 Å². The summed E-state index contributed by atoms with van der Waals surface area (Å²) in [4.78, 5) is 10.6. The molecule has 0 unspecified atom stereocenters. The maximum absolute atomic E-state index is 10.6. The largest absolute Gasteiger partial charge is 0.322 e. The van der Waals surface area contributed by atoms with E-state index in [-0.39, 0.29) is 11.8 Å². The number of nitrogens with two attached hydrogens (primary N) is 1. The van der Waals surface area contributed by atoms with Crippen LogP contribution < -0.4 is 5.73 Å². The third-order valence-electron chi connectivity index (χ3n) is 1.20. The summed E-state index contributed by atoms with van der Waals surface area (Å²) in [5, 5.41) is 0. The van der Waals surface area contributed by atoms with Crippen molar-refractivity contribution in [3.63, 3.8) is 0 Å². The van der Waals surface area contributed by atoms with Crippen LogP contribution in [-0.2, 0) is 4.79 Å². The van der Waals surface area contributed by atoms with Gasteiger partial charge in [0.2, 0.25) is 0 Å². The van der Waals surface area contributed by atoms with Gasteiger partial charge >= 0.3 is 0 Å². The molecule has 0 bridgehead atoms. The van der Waals surface area contributed by atoms with E-state index in [0.717, 1.165) is 6.42 Å². The number of carbonyl (C=O) groups excluding carboxylic acids is 1. The Morgan fingerprint density at radius 3 is 2.25 bits per heavy atom. The second kappa shape index (κ2) is 3.61. The lowest BCUT2D eigenvalue weighted by molar-refractivity contribution is -0.120. The van der Waals surface area contributed by atoms with Crippen molar-refractivity contribution in [2.75, 3.05) is 0 Å². The van der Waals surface area contributed by atoms with Gasteiger partial charge in [-0.1, -0.05) is 13.8 Å². The molecule has 0 aliphatic heterocycles. The molecular formula is C6H13NO. The number of hydrogen-bond donors (Lipinski definition) is 1. The minimum Gasteiger partial charge on any atom is -0.322 e. The summed E-state index contributed by atoms with van der Waals surface area (Å²) in [6.45, 7) is 3.75. The van der Waals surface area contributed by atoms with Gasteiger partial charge in [-0.05, 0) is 6.42 Å². The van der Waals surface area contributed by atoms with Crippen molar-refractivity contribution in [3.8, 4) is 0 Å². The van der Waals surface area contributed by atoms with E-state index in [1.54, 1.807) is 0 Å². The Labute approximate surface area is 50.1 Å². The number of Topliss-reactive ketones (excluding diaryl/α,β-unsaturated/α-hetero) is 1. The van der Waals surface area contributed by atoms with Crippen molar-refractivity contribution in [2.24, 2.45) is 5.73 Å². The zero-order valence-electron chi connectivity index (χ0n) is 5.48. The Morgan fingerprint density at radius 2 is 2.12 bits per heavy atom. The van der Waals surface area contributed by atoms with Crippen LogP contribution in [0.3, 0.4) is 0 Å². The van der Waals surface area contributed by atoms with Crippen LogP contribution in [0, 0.1) is 0 Å². The molecule has 2 nitrogen and oxygen atoms in total. The van der Waals surface area contributed by atoms with Gasteiger partial charge in [0.15, 0.2) is 0 Å². The number of hydrogen-bond acceptors (Lipinski definition) is 2. The Kier molecular flexibility index (Phi) is 3.44. The van der Waals surface area contributed by atoms with Crippen LogP contribution in [0.25, 0.3) is 0 Å². The lowest BCUT2D eigenvalue weighted by atomic mass is 10.1. The van der Waals surface area contributed by atoms with E-state index in [4.69, 9.17) is 5.73 Å². The van der Waals surface area contributed by atoms with Crippen LogP contribution in [0.4, 0.5) is 0 Å². The number of ketones is 1. The average molecular weight is 115 g/mol. The minimum atomic E-state index is -0.222. The Hall–Kier alpha value is -0.370. The third kappa shape index (κ3) is 2.07. The van der Waals surface area contributed by atoms with Crippen LogP contribution in [-0.4, -0.2) is 11.8 Å². The summed E-state index contributed by atoms with van der Waals surface area (Å²) in [7, 11) is 0. The Bertz CT molecular complexity index is 80.6. The average Bonchev–Trinajstić information content (AvgIpc) is 1.84. The Balaban J connectivity index is 3.46. The minimum absolute atomic E-state index is 0.160. The monoisotopic (exact) mass is 115 g/mol. The summed E-state index contributed by atoms with van der Waals surface area (Å²) >= 11 is 0. The van der Waals surface area contributed by atoms with Crippen LogP contribution >= 0.6 is 0 Å². The molecule has 2 heteroatoms. The van der Waals surface area contributed by atoms with Crippen molar-refractivity contribution in [2.45, 2.75) is 32.7 Å². The smallest absolute Gasteiger partial charge is 0.149 e. The number of rotatable bonds is 3. The highest BCUT2D eigenvalue weighted by atomic mass is 16.1. The zero-order valence-corrected chi connectivity index (χ0v) is 5.48. The molecule has 0 aromatic heterocycles. The van der Waals surface area contributed by atoms with Gasteiger partial charge in [0.25, 0.3) is 0 Å². The third-order valence-corrected chi connectivity index (χ3v) is 1.20. The molecule has 0 saturated heterocycles. The quantitative estimate of drug-likeness (QED) is 0.588. The first-order chi connectivity index (χ1) is 3.72. The topological polar surface area (TPSA) is 43.1 Å². The van der Waals surface area contributed by atoms with Crippen molar-refractivity contribution >= 4 is 5.78 Å². The van der Waals surface area contributed by atoms with Gasteiger partial charge in [-0.25, -0.2) is 0 Å². The fourth-order valence-electron chi connectivity index (χ4n) is 0.490. The molecule has 8 heavy (non-hydrogen) atoms. The van der Waals surface area contributed by atoms with E-state index >= 15 is 0 Å². The van der Waals surface area contributed by atoms with Gasteiger partial charge in [0, 0.05) is 6.42 Å². The summed E-state index contributed by atoms with van der Waals surface area (Å²) in [6.07, 6.45) is 1.32. The van der Waals surface area contributed by atoms with E-state index in [1.165, 1.54) is 0 Å². The van der Waals surface area contributed by atoms with E-state index < -0.39 is 0 Å². The summed E-state index contributed by atoms with van der Waals surface area (Å²) < 4.78 is 0. The second-order valence-electron chi connectivity index (χ2n) is 1.83. The van der Waals surface area contributed by atoms with Crippen LogP contribution in [0.15, 0.2) is 0 Å². The highest BCUT2D eigenvalue weighted by Crippen LogP contribution is 1.90. The molecule has 0 amide bonds. The van der Waals surface area contributed by atoms with Gasteiger partial charge in [0.1, 0.15) is 5.78 Å². The van der Waals surface area contributed by atoms with Crippen molar-refractivity contribution in [1.29, 1.82) is 0 Å². The van der Waals surface area contributed by atoms with Gasteiger partial charge in [-0.2, -0.15) is 0 Å². The van der Waals surface area contributed by atoms with Crippen molar-refractivity contribution in [3.05, 3.63) is 0 Å². The predicted octanol–water partition coefficient (Wildman–Crippen LogP) is 0.703. The maximum Gasteiger partial charge on any atom is 0.149 e. The molecule has 0 radical (unpaired) electrons. The highest BCUT2D eigenvalue weighted by Gasteiger charge is 2.06. The van der Waals surface area contributed by atoms with E-state index in [0.29, 0.717) is 6.42 Å². The standard InChI is InChI=1S/C6H13NO/c1-3-5(7)6(8)4-2/h5H,3-4,7H2,1-2H3/t5-/m1/s1. The molecule has 0 aliphatic rings. The molecule has 0 spiro atoms. The first kappa shape index (κ1) is 7.63. The molecule has 0 saturated carbocycles. The molecular weight excluding hydrogens is 102 g/mol. The van der Waals surface area contributed by atoms with Gasteiger partial charge < -0.3 is 5.73 Å². The first-order valence-corrected chi connectivity index (χ1v) is 3.00. The molecule has 0 aliphatic carbocycles. The van der Waals surface area contributed by atoms with Crippen LogP contribution in [0.2, 0.25) is 0 Å². The molecule has 2 N–H and O–H groups in total. The molecule has 0 aromatic carbocycles. The SMILES string of the molecule is CCC(=O)[C@H](N)CC. The number of carbonyl (C=O) groups is 1. The molecule has 0 aromatic rings. The lowest BCUT2D eigenvalue weighted by Crippen LogP contribution is -2.28. The lowest BCUT2D eigenvalue weighted by Gasteiger charge is -2.02. The normalized spacial score (nSPS) is 13.4. The summed E-state index contributed by atoms with van der Waals surface area (Å²) in [6, 6.07) is -0.222. The fourth-order valence-corrected chi connectivity index (χ4v) is 0.490. The highest BCUT2D eigenvalue weighted by molar-refractivity contribution is 5.83. The van der Waals surface area contributed by atoms with Gasteiger partial charge in [0.05, 0.1) is 6.04 Å². The second-order valence-corrected chi connectivity index (χ2v) is 1.83. The molecule has 1 atom stereocenters. The van der Waals surface area contributed by atoms with E-state index in [9.17, 15) is 4.79 Å². The maximum atomic E-state index is 10.6. The molecule has 0 rings (SSSR count). The molecule has 48 valence electrons.